The van der Waals surface area contributed by atoms with Gasteiger partial charge in [-0.15, -0.1) is 0 Å². The molecule has 0 aromatic rings. The van der Waals surface area contributed by atoms with Crippen molar-refractivity contribution in [3.05, 3.63) is 0 Å². The van der Waals surface area contributed by atoms with Crippen molar-refractivity contribution in [2.24, 2.45) is 0 Å². The number of carbonyl (C=O) groups excluding carboxylic acids is 1. The highest BCUT2D eigenvalue weighted by atomic mass is 32.2. The fraction of sp³-hybridized carbons (Fsp3) is 0.818. The molecule has 2 atom stereocenters. The third-order valence-electron chi connectivity index (χ3n) is 2.35. The number of hydrogen-bond donors (Lipinski definition) is 3. The molecule has 0 saturated heterocycles. The fourth-order valence-electron chi connectivity index (χ4n) is 1.28. The Hall–Kier alpha value is -0.950. The first kappa shape index (κ1) is 17.1. The largest absolute Gasteiger partial charge is 0.480 e. The zero-order chi connectivity index (χ0) is 14.0. The van der Waals surface area contributed by atoms with E-state index in [9.17, 15) is 9.59 Å². The number of nitrogens with one attached hydrogen (secondary N) is 2. The van der Waals surface area contributed by atoms with Crippen LogP contribution in [0.25, 0.3) is 0 Å². The predicted octanol–water partition coefficient (Wildman–Crippen LogP) is 0.917. The Morgan fingerprint density at radius 1 is 1.33 bits per heavy atom. The number of carboxylic acids is 1. The lowest BCUT2D eigenvalue weighted by Gasteiger charge is -2.18. The summed E-state index contributed by atoms with van der Waals surface area (Å²) in [6.45, 7) is 2.40. The zero-order valence-electron chi connectivity index (χ0n) is 11.1. The Bertz CT molecular complexity index is 263. The van der Waals surface area contributed by atoms with Gasteiger partial charge in [0.25, 0.3) is 0 Å². The van der Waals surface area contributed by atoms with Crippen molar-refractivity contribution in [1.82, 2.24) is 10.6 Å². The highest BCUT2D eigenvalue weighted by molar-refractivity contribution is 7.98. The molecule has 2 unspecified atom stereocenters. The molecule has 0 aliphatic rings. The van der Waals surface area contributed by atoms with Crippen molar-refractivity contribution in [2.45, 2.75) is 31.8 Å². The van der Waals surface area contributed by atoms with Gasteiger partial charge < -0.3 is 20.5 Å². The first-order chi connectivity index (χ1) is 8.51. The zero-order valence-corrected chi connectivity index (χ0v) is 11.9. The number of ether oxygens (including phenoxy) is 1. The van der Waals surface area contributed by atoms with E-state index in [0.29, 0.717) is 25.2 Å². The molecule has 0 spiro atoms. The van der Waals surface area contributed by atoms with Crippen molar-refractivity contribution in [2.75, 3.05) is 25.7 Å². The van der Waals surface area contributed by atoms with Crippen LogP contribution in [0.4, 0.5) is 4.79 Å². The number of urea groups is 1. The number of aliphatic carboxylic acids is 1. The SMILES string of the molecule is COCCC(C)NC(=O)NC(CCSC)C(=O)O. The second-order valence-electron chi connectivity index (χ2n) is 3.97. The molecule has 0 aliphatic carbocycles. The Kier molecular flexibility index (Phi) is 9.49. The van der Waals surface area contributed by atoms with Crippen molar-refractivity contribution in [3.8, 4) is 0 Å². The van der Waals surface area contributed by atoms with Crippen molar-refractivity contribution in [3.63, 3.8) is 0 Å². The van der Waals surface area contributed by atoms with E-state index in [1.807, 2.05) is 13.2 Å². The minimum absolute atomic E-state index is 0.0556. The molecular weight excluding hydrogens is 256 g/mol. The molecular formula is C11H22N2O4S. The Labute approximate surface area is 112 Å². The van der Waals surface area contributed by atoms with Gasteiger partial charge >= 0.3 is 12.0 Å². The summed E-state index contributed by atoms with van der Waals surface area (Å²) in [5.74, 6) is -0.319. The van der Waals surface area contributed by atoms with Gasteiger partial charge in [-0.2, -0.15) is 11.8 Å². The molecule has 0 bridgehead atoms. The molecule has 3 N–H and O–H groups in total. The lowest BCUT2D eigenvalue weighted by molar-refractivity contribution is -0.139. The van der Waals surface area contributed by atoms with Crippen LogP contribution >= 0.6 is 11.8 Å². The maximum absolute atomic E-state index is 11.6. The predicted molar refractivity (Wildman–Crippen MR) is 72.0 cm³/mol. The van der Waals surface area contributed by atoms with Crippen LogP contribution in [0.1, 0.15) is 19.8 Å². The first-order valence-electron chi connectivity index (χ1n) is 5.79. The summed E-state index contributed by atoms with van der Waals surface area (Å²) in [5, 5.41) is 14.1. The highest BCUT2D eigenvalue weighted by Crippen LogP contribution is 2.01. The summed E-state index contributed by atoms with van der Waals surface area (Å²) < 4.78 is 4.90. The molecule has 0 fully saturated rings. The molecule has 0 rings (SSSR count). The topological polar surface area (TPSA) is 87.7 Å². The van der Waals surface area contributed by atoms with Gasteiger partial charge in [0.05, 0.1) is 0 Å². The van der Waals surface area contributed by atoms with Crippen molar-refractivity contribution < 1.29 is 19.4 Å². The summed E-state index contributed by atoms with van der Waals surface area (Å²) in [6.07, 6.45) is 2.99. The van der Waals surface area contributed by atoms with E-state index in [4.69, 9.17) is 9.84 Å². The van der Waals surface area contributed by atoms with Gasteiger partial charge in [-0.1, -0.05) is 0 Å². The summed E-state index contributed by atoms with van der Waals surface area (Å²) in [5.41, 5.74) is 0. The van der Waals surface area contributed by atoms with Gasteiger partial charge in [0.2, 0.25) is 0 Å². The van der Waals surface area contributed by atoms with Crippen LogP contribution in [0, 0.1) is 0 Å². The minimum atomic E-state index is -1.01. The molecule has 0 saturated carbocycles. The Morgan fingerprint density at radius 3 is 2.50 bits per heavy atom. The van der Waals surface area contributed by atoms with E-state index in [1.165, 1.54) is 0 Å². The van der Waals surface area contributed by atoms with Gasteiger partial charge in [-0.25, -0.2) is 9.59 Å². The molecule has 2 amide bonds. The number of carboxylic acid groups (broad SMARTS) is 1. The quantitative estimate of drug-likeness (QED) is 0.583. The number of amides is 2. The van der Waals surface area contributed by atoms with Crippen LogP contribution in [0.5, 0.6) is 0 Å². The summed E-state index contributed by atoms with van der Waals surface area (Å²) in [7, 11) is 1.59. The van der Waals surface area contributed by atoms with E-state index in [1.54, 1.807) is 18.9 Å². The Balaban J connectivity index is 4.04. The third-order valence-corrected chi connectivity index (χ3v) is 2.99. The smallest absolute Gasteiger partial charge is 0.326 e. The fourth-order valence-corrected chi connectivity index (χ4v) is 1.75. The second kappa shape index (κ2) is 10.0. The van der Waals surface area contributed by atoms with Gasteiger partial charge in [0.15, 0.2) is 0 Å². The molecule has 7 heteroatoms. The lowest BCUT2D eigenvalue weighted by atomic mass is 10.2. The lowest BCUT2D eigenvalue weighted by Crippen LogP contribution is -2.48. The molecule has 0 aliphatic heterocycles. The highest BCUT2D eigenvalue weighted by Gasteiger charge is 2.19. The molecule has 0 aromatic heterocycles. The third kappa shape index (κ3) is 8.19. The van der Waals surface area contributed by atoms with Crippen LogP contribution in [0.3, 0.4) is 0 Å². The Morgan fingerprint density at radius 2 is 2.00 bits per heavy atom. The van der Waals surface area contributed by atoms with Gasteiger partial charge in [0.1, 0.15) is 6.04 Å². The average molecular weight is 278 g/mol. The van der Waals surface area contributed by atoms with Crippen molar-refractivity contribution >= 4 is 23.8 Å². The number of methoxy groups -OCH3 is 1. The van der Waals surface area contributed by atoms with E-state index in [0.717, 1.165) is 0 Å². The molecule has 18 heavy (non-hydrogen) atoms. The maximum atomic E-state index is 11.6. The molecule has 6 nitrogen and oxygen atoms in total. The molecule has 0 heterocycles. The average Bonchev–Trinajstić information content (AvgIpc) is 2.31. The van der Waals surface area contributed by atoms with Gasteiger partial charge in [-0.3, -0.25) is 0 Å². The normalized spacial score (nSPS) is 13.7. The van der Waals surface area contributed by atoms with E-state index >= 15 is 0 Å². The molecule has 0 aromatic carbocycles. The first-order valence-corrected chi connectivity index (χ1v) is 7.18. The van der Waals surface area contributed by atoms with Crippen LogP contribution < -0.4 is 10.6 Å². The number of hydrogen-bond acceptors (Lipinski definition) is 4. The summed E-state index contributed by atoms with van der Waals surface area (Å²) in [4.78, 5) is 22.5. The van der Waals surface area contributed by atoms with Gasteiger partial charge in [0, 0.05) is 19.8 Å². The summed E-state index contributed by atoms with van der Waals surface area (Å²) in [6, 6.07) is -1.35. The van der Waals surface area contributed by atoms with E-state index < -0.39 is 18.0 Å². The number of rotatable bonds is 9. The monoisotopic (exact) mass is 278 g/mol. The standard InChI is InChI=1S/C11H22N2O4S/c1-8(4-6-17-2)12-11(16)13-9(10(14)15)5-7-18-3/h8-9H,4-7H2,1-3H3,(H,14,15)(H2,12,13,16). The van der Waals surface area contributed by atoms with Crippen LogP contribution in [0.15, 0.2) is 0 Å². The maximum Gasteiger partial charge on any atom is 0.326 e. The minimum Gasteiger partial charge on any atom is -0.480 e. The van der Waals surface area contributed by atoms with Crippen LogP contribution in [-0.2, 0) is 9.53 Å². The molecule has 106 valence electrons. The number of carbonyl (C=O) groups is 2. The molecule has 0 radical (unpaired) electrons. The number of thioether (sulfide) groups is 1. The second-order valence-corrected chi connectivity index (χ2v) is 4.96. The van der Waals surface area contributed by atoms with E-state index in [2.05, 4.69) is 10.6 Å². The van der Waals surface area contributed by atoms with Crippen LogP contribution in [-0.4, -0.2) is 54.9 Å². The van der Waals surface area contributed by atoms with Gasteiger partial charge in [-0.05, 0) is 31.8 Å². The van der Waals surface area contributed by atoms with Crippen LogP contribution in [0.2, 0.25) is 0 Å². The summed E-state index contributed by atoms with van der Waals surface area (Å²) >= 11 is 1.55. The van der Waals surface area contributed by atoms with Crippen molar-refractivity contribution in [1.29, 1.82) is 0 Å². The van der Waals surface area contributed by atoms with E-state index in [-0.39, 0.29) is 6.04 Å².